The third-order valence-electron chi connectivity index (χ3n) is 1.43. The number of carboxylic acid groups (broad SMARTS) is 1. The maximum Gasteiger partial charge on any atom is 0.355 e. The molecule has 15 heavy (non-hydrogen) atoms. The third-order valence-corrected chi connectivity index (χ3v) is 3.09. The number of aromatic nitrogens is 1. The maximum atomic E-state index is 10.5. The molecule has 0 spiro atoms. The minimum absolute atomic E-state index is 0.0822. The second kappa shape index (κ2) is 6.32. The van der Waals surface area contributed by atoms with E-state index < -0.39 is 5.97 Å². The van der Waals surface area contributed by atoms with E-state index in [0.29, 0.717) is 10.9 Å². The molecule has 1 aromatic rings. The molecule has 0 aliphatic heterocycles. The van der Waals surface area contributed by atoms with Gasteiger partial charge in [0.2, 0.25) is 0 Å². The lowest BCUT2D eigenvalue weighted by molar-refractivity contribution is 0.0691. The highest BCUT2D eigenvalue weighted by Gasteiger charge is 2.07. The lowest BCUT2D eigenvalue weighted by Crippen LogP contribution is -2.04. The van der Waals surface area contributed by atoms with Gasteiger partial charge in [-0.1, -0.05) is 5.92 Å². The van der Waals surface area contributed by atoms with Crippen LogP contribution in [0.4, 0.5) is 5.13 Å². The summed E-state index contributed by atoms with van der Waals surface area (Å²) in [6.07, 6.45) is 5.09. The van der Waals surface area contributed by atoms with Crippen molar-refractivity contribution in [3.63, 3.8) is 0 Å². The predicted molar refractivity (Wildman–Crippen MR) is 63.7 cm³/mol. The number of terminal acetylenes is 1. The highest BCUT2D eigenvalue weighted by molar-refractivity contribution is 7.99. The summed E-state index contributed by atoms with van der Waals surface area (Å²) in [7, 11) is 0. The first kappa shape index (κ1) is 11.9. The fourth-order valence-electron chi connectivity index (χ4n) is 0.814. The number of rotatable bonds is 6. The minimum Gasteiger partial charge on any atom is -0.476 e. The van der Waals surface area contributed by atoms with Gasteiger partial charge in [-0.05, 0) is 0 Å². The minimum atomic E-state index is -0.999. The van der Waals surface area contributed by atoms with Gasteiger partial charge in [-0.3, -0.25) is 0 Å². The van der Waals surface area contributed by atoms with E-state index in [1.54, 1.807) is 11.8 Å². The number of hydrogen-bond acceptors (Lipinski definition) is 5. The molecule has 1 heterocycles. The van der Waals surface area contributed by atoms with E-state index in [-0.39, 0.29) is 5.69 Å². The third kappa shape index (κ3) is 4.23. The average molecular weight is 242 g/mol. The number of carbonyl (C=O) groups is 1. The number of nitrogens with zero attached hydrogens (tertiary/aromatic N) is 1. The predicted octanol–water partition coefficient (Wildman–Crippen LogP) is 1.62. The number of carboxylic acids is 1. The van der Waals surface area contributed by atoms with Gasteiger partial charge in [0, 0.05) is 17.7 Å². The van der Waals surface area contributed by atoms with Crippen molar-refractivity contribution in [3.05, 3.63) is 11.1 Å². The van der Waals surface area contributed by atoms with Crippen LogP contribution in [0.15, 0.2) is 5.38 Å². The summed E-state index contributed by atoms with van der Waals surface area (Å²) in [5, 5.41) is 13.8. The average Bonchev–Trinajstić information content (AvgIpc) is 2.66. The molecule has 0 radical (unpaired) electrons. The van der Waals surface area contributed by atoms with Gasteiger partial charge in [0.1, 0.15) is 0 Å². The van der Waals surface area contributed by atoms with Crippen LogP contribution in [0.2, 0.25) is 0 Å². The van der Waals surface area contributed by atoms with E-state index in [2.05, 4.69) is 16.2 Å². The van der Waals surface area contributed by atoms with Crippen molar-refractivity contribution in [1.29, 1.82) is 0 Å². The number of thiazole rings is 1. The monoisotopic (exact) mass is 242 g/mol. The van der Waals surface area contributed by atoms with Crippen LogP contribution in [0.3, 0.4) is 0 Å². The first-order chi connectivity index (χ1) is 7.24. The van der Waals surface area contributed by atoms with Gasteiger partial charge < -0.3 is 10.4 Å². The van der Waals surface area contributed by atoms with Crippen LogP contribution in [0.5, 0.6) is 0 Å². The van der Waals surface area contributed by atoms with Crippen LogP contribution in [-0.4, -0.2) is 34.1 Å². The van der Waals surface area contributed by atoms with E-state index in [1.165, 1.54) is 16.7 Å². The molecule has 80 valence electrons. The summed E-state index contributed by atoms with van der Waals surface area (Å²) in [6.45, 7) is 0.735. The van der Waals surface area contributed by atoms with Crippen LogP contribution < -0.4 is 5.32 Å². The normalized spacial score (nSPS) is 9.53. The molecule has 0 saturated heterocycles. The molecule has 1 aromatic heterocycles. The Kier molecular flexibility index (Phi) is 5.01. The van der Waals surface area contributed by atoms with E-state index in [0.717, 1.165) is 12.3 Å². The molecule has 0 fully saturated rings. The molecule has 0 atom stereocenters. The fourth-order valence-corrected chi connectivity index (χ4v) is 2.04. The molecular weight excluding hydrogens is 232 g/mol. The summed E-state index contributed by atoms with van der Waals surface area (Å²) < 4.78 is 0. The second-order valence-electron chi connectivity index (χ2n) is 2.53. The number of thioether (sulfide) groups is 1. The summed E-state index contributed by atoms with van der Waals surface area (Å²) in [6, 6.07) is 0. The van der Waals surface area contributed by atoms with Gasteiger partial charge in [-0.2, -0.15) is 0 Å². The van der Waals surface area contributed by atoms with Crippen molar-refractivity contribution in [2.45, 2.75) is 0 Å². The Labute approximate surface area is 96.1 Å². The molecule has 0 aliphatic carbocycles. The zero-order chi connectivity index (χ0) is 11.1. The number of aromatic carboxylic acids is 1. The Bertz CT molecular complexity index is 370. The number of hydrogen-bond donors (Lipinski definition) is 2. The highest BCUT2D eigenvalue weighted by atomic mass is 32.2. The van der Waals surface area contributed by atoms with Crippen LogP contribution in [-0.2, 0) is 0 Å². The topological polar surface area (TPSA) is 62.2 Å². The van der Waals surface area contributed by atoms with Crippen LogP contribution in [0.25, 0.3) is 0 Å². The summed E-state index contributed by atoms with van der Waals surface area (Å²) in [5.41, 5.74) is 0.0822. The zero-order valence-electron chi connectivity index (χ0n) is 7.90. The summed E-state index contributed by atoms with van der Waals surface area (Å²) in [4.78, 5) is 14.4. The van der Waals surface area contributed by atoms with Crippen molar-refractivity contribution in [2.24, 2.45) is 0 Å². The molecule has 0 aliphatic rings. The molecule has 0 unspecified atom stereocenters. The van der Waals surface area contributed by atoms with Gasteiger partial charge >= 0.3 is 5.97 Å². The number of nitrogens with one attached hydrogen (secondary N) is 1. The Morgan fingerprint density at radius 2 is 2.60 bits per heavy atom. The lowest BCUT2D eigenvalue weighted by atomic mass is 10.5. The van der Waals surface area contributed by atoms with Crippen molar-refractivity contribution < 1.29 is 9.90 Å². The van der Waals surface area contributed by atoms with Crippen molar-refractivity contribution in [3.8, 4) is 12.3 Å². The van der Waals surface area contributed by atoms with Crippen LogP contribution in [0.1, 0.15) is 10.5 Å². The van der Waals surface area contributed by atoms with E-state index in [1.807, 2.05) is 0 Å². The molecule has 4 nitrogen and oxygen atoms in total. The second-order valence-corrected chi connectivity index (χ2v) is 4.49. The van der Waals surface area contributed by atoms with Crippen LogP contribution in [0, 0.1) is 12.3 Å². The van der Waals surface area contributed by atoms with Crippen molar-refractivity contribution in [2.75, 3.05) is 23.4 Å². The standard InChI is InChI=1S/C9H10N2O2S2/c1-2-4-14-5-3-10-9-11-7(6-15-9)8(12)13/h1,6H,3-5H2,(H,10,11)(H,12,13). The Morgan fingerprint density at radius 1 is 1.80 bits per heavy atom. The van der Waals surface area contributed by atoms with Gasteiger partial charge in [0.25, 0.3) is 0 Å². The molecule has 0 saturated carbocycles. The lowest BCUT2D eigenvalue weighted by Gasteiger charge is -1.99. The van der Waals surface area contributed by atoms with Crippen LogP contribution >= 0.6 is 23.1 Å². The number of anilines is 1. The van der Waals surface area contributed by atoms with Crippen molar-refractivity contribution in [1.82, 2.24) is 4.98 Å². The maximum absolute atomic E-state index is 10.5. The van der Waals surface area contributed by atoms with E-state index in [4.69, 9.17) is 11.5 Å². The fraction of sp³-hybridized carbons (Fsp3) is 0.333. The molecule has 0 amide bonds. The largest absolute Gasteiger partial charge is 0.476 e. The zero-order valence-corrected chi connectivity index (χ0v) is 9.53. The molecule has 1 rings (SSSR count). The Hall–Kier alpha value is -1.19. The quantitative estimate of drug-likeness (QED) is 0.586. The van der Waals surface area contributed by atoms with Crippen molar-refractivity contribution >= 4 is 34.2 Å². The van der Waals surface area contributed by atoms with Gasteiger partial charge in [-0.25, -0.2) is 9.78 Å². The van der Waals surface area contributed by atoms with E-state index in [9.17, 15) is 4.79 Å². The Morgan fingerprint density at radius 3 is 3.20 bits per heavy atom. The van der Waals surface area contributed by atoms with Gasteiger partial charge in [0.15, 0.2) is 10.8 Å². The molecule has 6 heteroatoms. The SMILES string of the molecule is C#CCSCCNc1nc(C(=O)O)cs1. The smallest absolute Gasteiger partial charge is 0.355 e. The Balaban J connectivity index is 2.26. The summed E-state index contributed by atoms with van der Waals surface area (Å²) >= 11 is 2.94. The molecular formula is C9H10N2O2S2. The molecule has 2 N–H and O–H groups in total. The highest BCUT2D eigenvalue weighted by Crippen LogP contribution is 2.15. The van der Waals surface area contributed by atoms with Gasteiger partial charge in [0.05, 0.1) is 5.75 Å². The molecule has 0 aromatic carbocycles. The van der Waals surface area contributed by atoms with Gasteiger partial charge in [-0.15, -0.1) is 29.5 Å². The molecule has 0 bridgehead atoms. The summed E-state index contributed by atoms with van der Waals surface area (Å²) in [5.74, 6) is 3.11. The first-order valence-electron chi connectivity index (χ1n) is 4.18. The first-order valence-corrected chi connectivity index (χ1v) is 6.21. The van der Waals surface area contributed by atoms with E-state index >= 15 is 0 Å².